The Balaban J connectivity index is 1.41. The third-order valence-corrected chi connectivity index (χ3v) is 5.54. The maximum absolute atomic E-state index is 12.6. The predicted octanol–water partition coefficient (Wildman–Crippen LogP) is 3.76. The molecule has 1 fully saturated rings. The summed E-state index contributed by atoms with van der Waals surface area (Å²) in [7, 11) is 0. The van der Waals surface area contributed by atoms with Gasteiger partial charge in [0.25, 0.3) is 0 Å². The molecule has 0 spiro atoms. The minimum atomic E-state index is -0.0745. The number of hydrogen-bond acceptors (Lipinski definition) is 5. The first-order valence-corrected chi connectivity index (χ1v) is 10.6. The summed E-state index contributed by atoms with van der Waals surface area (Å²) in [6.45, 7) is 1.94. The van der Waals surface area contributed by atoms with Crippen LogP contribution < -0.4 is 5.32 Å². The van der Waals surface area contributed by atoms with Crippen molar-refractivity contribution in [3.05, 3.63) is 71.5 Å². The Morgan fingerprint density at radius 1 is 1.10 bits per heavy atom. The fourth-order valence-corrected chi connectivity index (χ4v) is 3.70. The predicted molar refractivity (Wildman–Crippen MR) is 112 cm³/mol. The number of para-hydroxylation sites is 1. The lowest BCUT2D eigenvalue weighted by Gasteiger charge is -2.04. The van der Waals surface area contributed by atoms with Crippen molar-refractivity contribution in [1.29, 1.82) is 0 Å². The van der Waals surface area contributed by atoms with Crippen LogP contribution in [0.4, 0.5) is 0 Å². The zero-order valence-electron chi connectivity index (χ0n) is 16.2. The molecule has 0 aliphatic heterocycles. The van der Waals surface area contributed by atoms with E-state index in [1.54, 1.807) is 12.1 Å². The zero-order valence-corrected chi connectivity index (χ0v) is 17.0. The van der Waals surface area contributed by atoms with Crippen molar-refractivity contribution in [1.82, 2.24) is 20.1 Å². The number of amides is 1. The molecule has 1 amide bonds. The van der Waals surface area contributed by atoms with Crippen LogP contribution >= 0.6 is 11.8 Å². The molecule has 0 radical (unpaired) electrons. The Morgan fingerprint density at radius 3 is 2.48 bits per heavy atom. The number of carbonyl (C=O) groups excluding carboxylic acids is 2. The van der Waals surface area contributed by atoms with E-state index in [1.165, 1.54) is 18.7 Å². The smallest absolute Gasteiger partial charge is 0.217 e. The van der Waals surface area contributed by atoms with E-state index in [1.807, 2.05) is 47.1 Å². The minimum absolute atomic E-state index is 0.0325. The highest BCUT2D eigenvalue weighted by Gasteiger charge is 2.30. The van der Waals surface area contributed by atoms with Crippen LogP contribution in [0.5, 0.6) is 0 Å². The maximum Gasteiger partial charge on any atom is 0.217 e. The van der Waals surface area contributed by atoms with Gasteiger partial charge in [-0.15, -0.1) is 5.10 Å². The van der Waals surface area contributed by atoms with Crippen LogP contribution in [0.3, 0.4) is 0 Å². The summed E-state index contributed by atoms with van der Waals surface area (Å²) in [6.07, 6.45) is 2.28. The van der Waals surface area contributed by atoms with Crippen LogP contribution in [0, 0.1) is 0 Å². The molecular formula is C22H22N4O2S. The van der Waals surface area contributed by atoms with Crippen LogP contribution in [0.15, 0.2) is 59.8 Å². The highest BCUT2D eigenvalue weighted by atomic mass is 32.2. The van der Waals surface area contributed by atoms with E-state index in [9.17, 15) is 9.59 Å². The van der Waals surface area contributed by atoms with E-state index in [0.29, 0.717) is 23.2 Å². The van der Waals surface area contributed by atoms with Crippen LogP contribution in [-0.4, -0.2) is 32.2 Å². The van der Waals surface area contributed by atoms with E-state index in [4.69, 9.17) is 4.98 Å². The first kappa shape index (κ1) is 19.4. The molecule has 2 aromatic carbocycles. The number of aromatic nitrogens is 3. The van der Waals surface area contributed by atoms with Gasteiger partial charge in [0.15, 0.2) is 5.78 Å². The fourth-order valence-electron chi connectivity index (χ4n) is 2.98. The molecule has 1 aliphatic rings. The van der Waals surface area contributed by atoms with Gasteiger partial charge in [-0.05, 0) is 30.5 Å². The van der Waals surface area contributed by atoms with Crippen molar-refractivity contribution >= 4 is 23.5 Å². The van der Waals surface area contributed by atoms with Gasteiger partial charge in [-0.3, -0.25) is 9.59 Å². The van der Waals surface area contributed by atoms with Gasteiger partial charge in [0.1, 0.15) is 5.82 Å². The molecule has 1 heterocycles. The number of ketones is 1. The monoisotopic (exact) mass is 406 g/mol. The summed E-state index contributed by atoms with van der Waals surface area (Å²) in [5.41, 5.74) is 2.60. The molecule has 0 atom stereocenters. The van der Waals surface area contributed by atoms with Crippen LogP contribution in [0.2, 0.25) is 0 Å². The topological polar surface area (TPSA) is 76.9 Å². The summed E-state index contributed by atoms with van der Waals surface area (Å²) in [6, 6.07) is 17.3. The summed E-state index contributed by atoms with van der Waals surface area (Å²) >= 11 is 1.37. The molecule has 0 bridgehead atoms. The molecule has 7 heteroatoms. The second-order valence-electron chi connectivity index (χ2n) is 7.09. The number of thioether (sulfide) groups is 1. The number of carbonyl (C=O) groups is 2. The first-order chi connectivity index (χ1) is 14.1. The summed E-state index contributed by atoms with van der Waals surface area (Å²) in [4.78, 5) is 28.2. The van der Waals surface area contributed by atoms with Crippen LogP contribution in [0.1, 0.15) is 47.4 Å². The lowest BCUT2D eigenvalue weighted by Crippen LogP contribution is -2.18. The van der Waals surface area contributed by atoms with Gasteiger partial charge in [-0.2, -0.15) is 0 Å². The van der Waals surface area contributed by atoms with Crippen molar-refractivity contribution in [3.8, 4) is 5.69 Å². The number of rotatable bonds is 8. The molecule has 6 nitrogen and oxygen atoms in total. The quantitative estimate of drug-likeness (QED) is 0.455. The molecule has 29 heavy (non-hydrogen) atoms. The number of nitrogens with one attached hydrogen (secondary N) is 1. The largest absolute Gasteiger partial charge is 0.352 e. The average Bonchev–Trinajstić information content (AvgIpc) is 3.50. The second-order valence-corrected chi connectivity index (χ2v) is 8.04. The van der Waals surface area contributed by atoms with Crippen molar-refractivity contribution in [2.45, 2.75) is 37.4 Å². The summed E-state index contributed by atoms with van der Waals surface area (Å²) in [5.74, 6) is 1.69. The van der Waals surface area contributed by atoms with Gasteiger partial charge in [-0.1, -0.05) is 54.2 Å². The second kappa shape index (κ2) is 8.61. The standard InChI is InChI=1S/C22H22N4O2S/c1-15(27)23-13-16-7-9-17(10-8-16)20(28)14-29-22-24-21(18-11-12-18)26(25-22)19-5-3-2-4-6-19/h2-10,18H,11-14H2,1H3,(H,23,27). The number of hydrogen-bond donors (Lipinski definition) is 1. The lowest BCUT2D eigenvalue weighted by molar-refractivity contribution is -0.119. The molecule has 148 valence electrons. The van der Waals surface area contributed by atoms with Gasteiger partial charge in [0.05, 0.1) is 11.4 Å². The zero-order chi connectivity index (χ0) is 20.2. The number of benzene rings is 2. The van der Waals surface area contributed by atoms with Crippen molar-refractivity contribution in [2.75, 3.05) is 5.75 Å². The molecule has 1 aromatic heterocycles. The Bertz CT molecular complexity index is 1010. The molecule has 4 rings (SSSR count). The Morgan fingerprint density at radius 2 is 1.83 bits per heavy atom. The number of nitrogens with zero attached hydrogens (tertiary/aromatic N) is 3. The Labute approximate surface area is 173 Å². The van der Waals surface area contributed by atoms with E-state index in [-0.39, 0.29) is 17.4 Å². The van der Waals surface area contributed by atoms with Crippen molar-refractivity contribution in [3.63, 3.8) is 0 Å². The molecule has 0 unspecified atom stereocenters. The average molecular weight is 407 g/mol. The van der Waals surface area contributed by atoms with E-state index in [0.717, 1.165) is 29.9 Å². The van der Waals surface area contributed by atoms with Crippen molar-refractivity contribution in [2.24, 2.45) is 0 Å². The molecule has 3 aromatic rings. The lowest BCUT2D eigenvalue weighted by atomic mass is 10.1. The van der Waals surface area contributed by atoms with Gasteiger partial charge < -0.3 is 5.32 Å². The molecular weight excluding hydrogens is 384 g/mol. The van der Waals surface area contributed by atoms with Crippen LogP contribution in [-0.2, 0) is 11.3 Å². The third-order valence-electron chi connectivity index (χ3n) is 4.71. The van der Waals surface area contributed by atoms with E-state index in [2.05, 4.69) is 10.4 Å². The number of Topliss-reactive ketones (excluding diaryl/α,β-unsaturated/α-hetero) is 1. The van der Waals surface area contributed by atoms with Gasteiger partial charge in [0, 0.05) is 24.9 Å². The maximum atomic E-state index is 12.6. The molecule has 1 aliphatic carbocycles. The van der Waals surface area contributed by atoms with Crippen LogP contribution in [0.25, 0.3) is 5.69 Å². The highest BCUT2D eigenvalue weighted by Crippen LogP contribution is 2.40. The molecule has 1 saturated carbocycles. The van der Waals surface area contributed by atoms with E-state index < -0.39 is 0 Å². The minimum Gasteiger partial charge on any atom is -0.352 e. The van der Waals surface area contributed by atoms with Gasteiger partial charge in [0.2, 0.25) is 11.1 Å². The van der Waals surface area contributed by atoms with Crippen molar-refractivity contribution < 1.29 is 9.59 Å². The van der Waals surface area contributed by atoms with Gasteiger partial charge in [-0.25, -0.2) is 9.67 Å². The Hall–Kier alpha value is -2.93. The summed E-state index contributed by atoms with van der Waals surface area (Å²) < 4.78 is 1.90. The van der Waals surface area contributed by atoms with E-state index >= 15 is 0 Å². The highest BCUT2D eigenvalue weighted by molar-refractivity contribution is 7.99. The molecule has 0 saturated heterocycles. The third kappa shape index (κ3) is 4.92. The summed E-state index contributed by atoms with van der Waals surface area (Å²) in [5, 5.41) is 8.01. The SMILES string of the molecule is CC(=O)NCc1ccc(C(=O)CSc2nc(C3CC3)n(-c3ccccc3)n2)cc1. The molecule has 1 N–H and O–H groups in total. The Kier molecular flexibility index (Phi) is 5.76. The van der Waals surface area contributed by atoms with Gasteiger partial charge >= 0.3 is 0 Å². The normalized spacial score (nSPS) is 13.3. The fraction of sp³-hybridized carbons (Fsp3) is 0.273. The first-order valence-electron chi connectivity index (χ1n) is 9.62.